The number of hydrogen-bond donors (Lipinski definition) is 2. The van der Waals surface area contributed by atoms with Gasteiger partial charge in [-0.2, -0.15) is 21.6 Å². The van der Waals surface area contributed by atoms with Gasteiger partial charge in [0.2, 0.25) is 0 Å². The molecule has 110 valence electrons. The minimum absolute atomic E-state index is 0.212. The number of rotatable bonds is 2. The van der Waals surface area contributed by atoms with Crippen LogP contribution in [0.3, 0.4) is 0 Å². The number of ether oxygens (including phenoxy) is 1. The number of halogens is 4. The van der Waals surface area contributed by atoms with Gasteiger partial charge >= 0.3 is 25.9 Å². The highest BCUT2D eigenvalue weighted by Gasteiger charge is 2.48. The highest BCUT2D eigenvalue weighted by atomic mass is 32.3. The van der Waals surface area contributed by atoms with Crippen LogP contribution in [0.4, 0.5) is 17.1 Å². The molecule has 0 amide bonds. The number of sulfonamides is 1. The molecule has 1 heterocycles. The Balaban J connectivity index is 0.000000397. The fourth-order valence-electron chi connectivity index (χ4n) is 0.694. The molecule has 2 N–H and O–H groups in total. The first kappa shape index (κ1) is 17.5. The predicted molar refractivity (Wildman–Crippen MR) is 51.8 cm³/mol. The molecule has 0 spiro atoms. The van der Waals surface area contributed by atoms with Gasteiger partial charge in [-0.1, -0.05) is 8.01 Å². The van der Waals surface area contributed by atoms with E-state index in [1.165, 1.54) is 0 Å². The van der Waals surface area contributed by atoms with Crippen molar-refractivity contribution in [2.45, 2.75) is 5.51 Å². The van der Waals surface area contributed by atoms with Crippen LogP contribution in [0, 0.1) is 0 Å². The van der Waals surface area contributed by atoms with Crippen LogP contribution in [-0.4, -0.2) is 48.6 Å². The van der Waals surface area contributed by atoms with E-state index in [2.05, 4.69) is 5.32 Å². The standard InChI is InChI=1S/C4H9NO.CHF4NO4S2/c1-3-6-4-2-5-1;2-1(3,4)11(7,8)6-12(5,9)10/h5H,1-4H2;6H. The third kappa shape index (κ3) is 7.75. The number of alkyl halides is 3. The number of nitrogens with one attached hydrogen (secondary N) is 2. The summed E-state index contributed by atoms with van der Waals surface area (Å²) in [5.41, 5.74) is -5.86. The molecule has 0 aliphatic carbocycles. The normalized spacial score (nSPS) is 17.8. The van der Waals surface area contributed by atoms with Crippen molar-refractivity contribution in [3.8, 4) is 0 Å². The van der Waals surface area contributed by atoms with E-state index >= 15 is 0 Å². The molecule has 0 aromatic heterocycles. The predicted octanol–water partition coefficient (Wildman–Crippen LogP) is -0.754. The van der Waals surface area contributed by atoms with E-state index in [0.717, 1.165) is 26.3 Å². The summed E-state index contributed by atoms with van der Waals surface area (Å²) >= 11 is 0. The Bertz CT molecular complexity index is 429. The average molecular weight is 318 g/mol. The van der Waals surface area contributed by atoms with E-state index in [1.807, 2.05) is 0 Å². The van der Waals surface area contributed by atoms with Crippen LogP contribution in [0.25, 0.3) is 0 Å². The number of morpholine rings is 1. The smallest absolute Gasteiger partial charge is 0.379 e. The lowest BCUT2D eigenvalue weighted by Crippen LogP contribution is -2.38. The fraction of sp³-hybridized carbons (Fsp3) is 1.00. The van der Waals surface area contributed by atoms with E-state index in [4.69, 9.17) is 4.74 Å². The second-order valence-electron chi connectivity index (χ2n) is 2.83. The van der Waals surface area contributed by atoms with Crippen LogP contribution >= 0.6 is 0 Å². The van der Waals surface area contributed by atoms with Gasteiger partial charge in [0.1, 0.15) is 0 Å². The molecule has 1 fully saturated rings. The average Bonchev–Trinajstić information content (AvgIpc) is 2.15. The Labute approximate surface area is 101 Å². The zero-order valence-electron chi connectivity index (χ0n) is 8.70. The molecule has 0 aromatic carbocycles. The lowest BCUT2D eigenvalue weighted by Gasteiger charge is -2.10. The summed E-state index contributed by atoms with van der Waals surface area (Å²) < 4.78 is 88.5. The molecule has 1 aliphatic heterocycles. The van der Waals surface area contributed by atoms with Gasteiger partial charge in [0.15, 0.2) is 0 Å². The van der Waals surface area contributed by atoms with E-state index in [-0.39, 0.29) is 4.13 Å². The molecule has 13 heteroatoms. The van der Waals surface area contributed by atoms with Gasteiger partial charge in [0.25, 0.3) is 0 Å². The van der Waals surface area contributed by atoms with Crippen molar-refractivity contribution in [1.82, 2.24) is 9.44 Å². The molecule has 0 bridgehead atoms. The van der Waals surface area contributed by atoms with Crippen molar-refractivity contribution in [3.63, 3.8) is 0 Å². The highest BCUT2D eigenvalue weighted by molar-refractivity contribution is 8.03. The maximum atomic E-state index is 11.4. The highest BCUT2D eigenvalue weighted by Crippen LogP contribution is 2.22. The van der Waals surface area contributed by atoms with Gasteiger partial charge in [-0.25, -0.2) is 8.42 Å². The summed E-state index contributed by atoms with van der Waals surface area (Å²) in [6, 6.07) is 0. The molecule has 1 aliphatic rings. The summed E-state index contributed by atoms with van der Waals surface area (Å²) in [5.74, 6) is 0. The lowest BCUT2D eigenvalue weighted by molar-refractivity contribution is -0.0441. The summed E-state index contributed by atoms with van der Waals surface area (Å²) in [6.45, 7) is 3.83. The third-order valence-corrected chi connectivity index (χ3v) is 3.64. The summed E-state index contributed by atoms with van der Waals surface area (Å²) in [6.07, 6.45) is 0. The summed E-state index contributed by atoms with van der Waals surface area (Å²) in [4.78, 5) is 0. The van der Waals surface area contributed by atoms with Crippen molar-refractivity contribution in [2.24, 2.45) is 0 Å². The zero-order valence-corrected chi connectivity index (χ0v) is 10.3. The number of hydrogen-bond acceptors (Lipinski definition) is 6. The molecule has 7 nitrogen and oxygen atoms in total. The van der Waals surface area contributed by atoms with Crippen LogP contribution in [0.2, 0.25) is 0 Å². The quantitative estimate of drug-likeness (QED) is 0.513. The minimum Gasteiger partial charge on any atom is -0.379 e. The Morgan fingerprint density at radius 2 is 1.50 bits per heavy atom. The topological polar surface area (TPSA) is 102 Å². The van der Waals surface area contributed by atoms with E-state index in [1.54, 1.807) is 0 Å². The first-order valence-electron chi connectivity index (χ1n) is 4.28. The third-order valence-electron chi connectivity index (χ3n) is 1.36. The Kier molecular flexibility index (Phi) is 6.42. The molecule has 18 heavy (non-hydrogen) atoms. The maximum absolute atomic E-state index is 11.4. The van der Waals surface area contributed by atoms with Crippen LogP contribution in [0.5, 0.6) is 0 Å². The van der Waals surface area contributed by atoms with E-state index < -0.39 is 25.9 Å². The van der Waals surface area contributed by atoms with E-state index in [9.17, 15) is 33.9 Å². The minimum atomic E-state index is -6.17. The lowest BCUT2D eigenvalue weighted by atomic mass is 10.5. The fourth-order valence-corrected chi connectivity index (χ4v) is 2.12. The SMILES string of the molecule is C1COCCN1.O=S(=O)(F)NS(=O)(=O)C(F)(F)F. The Hall–Kier alpha value is -0.500. The molecule has 0 radical (unpaired) electrons. The molecule has 1 rings (SSSR count). The molecule has 0 unspecified atom stereocenters. The van der Waals surface area contributed by atoms with Crippen LogP contribution in [0.15, 0.2) is 0 Å². The zero-order chi connectivity index (χ0) is 14.4. The Morgan fingerprint density at radius 1 is 1.06 bits per heavy atom. The van der Waals surface area contributed by atoms with Gasteiger partial charge in [-0.05, 0) is 0 Å². The second kappa shape index (κ2) is 6.60. The van der Waals surface area contributed by atoms with Gasteiger partial charge < -0.3 is 10.1 Å². The van der Waals surface area contributed by atoms with Gasteiger partial charge in [-0.3, -0.25) is 0 Å². The first-order valence-corrected chi connectivity index (χ1v) is 7.15. The van der Waals surface area contributed by atoms with E-state index in [0.29, 0.717) is 0 Å². The molecule has 0 atom stereocenters. The van der Waals surface area contributed by atoms with Crippen molar-refractivity contribution < 1.29 is 38.6 Å². The van der Waals surface area contributed by atoms with Crippen molar-refractivity contribution in [3.05, 3.63) is 0 Å². The monoisotopic (exact) mass is 318 g/mol. The van der Waals surface area contributed by atoms with Crippen molar-refractivity contribution in [2.75, 3.05) is 26.3 Å². The Morgan fingerprint density at radius 3 is 1.61 bits per heavy atom. The first-order chi connectivity index (χ1) is 7.96. The molecule has 1 saturated heterocycles. The van der Waals surface area contributed by atoms with Gasteiger partial charge in [0.05, 0.1) is 13.2 Å². The van der Waals surface area contributed by atoms with Gasteiger partial charge in [0, 0.05) is 13.1 Å². The molecule has 0 saturated carbocycles. The maximum Gasteiger partial charge on any atom is 0.512 e. The van der Waals surface area contributed by atoms with Crippen LogP contribution < -0.4 is 9.44 Å². The second-order valence-corrected chi connectivity index (χ2v) is 5.84. The largest absolute Gasteiger partial charge is 0.512 e. The molecule has 0 aromatic rings. The van der Waals surface area contributed by atoms with Crippen molar-refractivity contribution >= 4 is 20.4 Å². The molecular formula is C5H10F4N2O5S2. The summed E-state index contributed by atoms with van der Waals surface area (Å²) in [7, 11) is -12.1. The summed E-state index contributed by atoms with van der Waals surface area (Å²) in [5, 5.41) is 3.16. The van der Waals surface area contributed by atoms with Crippen molar-refractivity contribution in [1.29, 1.82) is 0 Å². The van der Waals surface area contributed by atoms with Crippen LogP contribution in [-0.2, 0) is 25.2 Å². The molecular weight excluding hydrogens is 308 g/mol. The van der Waals surface area contributed by atoms with Gasteiger partial charge in [-0.15, -0.1) is 0 Å². The van der Waals surface area contributed by atoms with Crippen LogP contribution in [0.1, 0.15) is 0 Å².